The summed E-state index contributed by atoms with van der Waals surface area (Å²) < 4.78 is 32.8. The molecule has 1 unspecified atom stereocenters. The van der Waals surface area contributed by atoms with Crippen molar-refractivity contribution in [3.8, 4) is 0 Å². The SMILES string of the molecule is CC(=O)OCc1ccc(S(=O)(=O)ONCC(O)CO)cc1. The van der Waals surface area contributed by atoms with E-state index in [9.17, 15) is 13.2 Å². The molecule has 0 amide bonds. The molecule has 21 heavy (non-hydrogen) atoms. The molecule has 1 rings (SSSR count). The summed E-state index contributed by atoms with van der Waals surface area (Å²) >= 11 is 0. The quantitative estimate of drug-likeness (QED) is 0.425. The van der Waals surface area contributed by atoms with Gasteiger partial charge in [0.2, 0.25) is 0 Å². The lowest BCUT2D eigenvalue weighted by Crippen LogP contribution is -2.31. The molecule has 0 spiro atoms. The molecular weight excluding hydrogens is 302 g/mol. The van der Waals surface area contributed by atoms with Crippen LogP contribution in [0.4, 0.5) is 0 Å². The van der Waals surface area contributed by atoms with Gasteiger partial charge in [-0.1, -0.05) is 12.1 Å². The van der Waals surface area contributed by atoms with E-state index in [1.54, 1.807) is 0 Å². The zero-order valence-electron chi connectivity index (χ0n) is 11.4. The van der Waals surface area contributed by atoms with Crippen molar-refractivity contribution in [2.24, 2.45) is 0 Å². The monoisotopic (exact) mass is 319 g/mol. The van der Waals surface area contributed by atoms with E-state index in [1.165, 1.54) is 31.2 Å². The van der Waals surface area contributed by atoms with Crippen molar-refractivity contribution in [2.45, 2.75) is 24.5 Å². The van der Waals surface area contributed by atoms with Crippen LogP contribution in [0.15, 0.2) is 29.2 Å². The molecule has 0 aliphatic heterocycles. The van der Waals surface area contributed by atoms with E-state index >= 15 is 0 Å². The van der Waals surface area contributed by atoms with Gasteiger partial charge in [-0.25, -0.2) is 0 Å². The Labute approximate surface area is 122 Å². The third-order valence-corrected chi connectivity index (χ3v) is 3.54. The molecule has 3 N–H and O–H groups in total. The van der Waals surface area contributed by atoms with Gasteiger partial charge in [0, 0.05) is 6.92 Å². The predicted octanol–water partition coefficient (Wildman–Crippen LogP) is -0.687. The fourth-order valence-corrected chi connectivity index (χ4v) is 2.05. The second kappa shape index (κ2) is 8.05. The minimum atomic E-state index is -4.02. The number of aliphatic hydroxyl groups excluding tert-OH is 2. The minimum Gasteiger partial charge on any atom is -0.461 e. The zero-order valence-corrected chi connectivity index (χ0v) is 12.2. The number of hydrogen-bond donors (Lipinski definition) is 3. The van der Waals surface area contributed by atoms with E-state index in [-0.39, 0.29) is 18.0 Å². The number of hydrogen-bond acceptors (Lipinski definition) is 8. The number of benzene rings is 1. The summed E-state index contributed by atoms with van der Waals surface area (Å²) in [5, 5.41) is 17.6. The Morgan fingerprint density at radius 1 is 1.33 bits per heavy atom. The van der Waals surface area contributed by atoms with Crippen molar-refractivity contribution < 1.29 is 32.4 Å². The Balaban J connectivity index is 2.60. The lowest BCUT2D eigenvalue weighted by atomic mass is 10.2. The van der Waals surface area contributed by atoms with E-state index < -0.39 is 28.8 Å². The minimum absolute atomic E-state index is 0.0530. The molecule has 0 bridgehead atoms. The number of ether oxygens (including phenoxy) is 1. The highest BCUT2D eigenvalue weighted by Gasteiger charge is 2.16. The Hall–Kier alpha value is -1.52. The van der Waals surface area contributed by atoms with Crippen molar-refractivity contribution in [3.63, 3.8) is 0 Å². The van der Waals surface area contributed by atoms with Gasteiger partial charge in [0.05, 0.1) is 24.2 Å². The third kappa shape index (κ3) is 6.19. The molecule has 8 nitrogen and oxygen atoms in total. The summed E-state index contributed by atoms with van der Waals surface area (Å²) in [6.45, 7) is 0.581. The molecule has 0 aromatic heterocycles. The van der Waals surface area contributed by atoms with Crippen LogP contribution in [0.25, 0.3) is 0 Å². The Morgan fingerprint density at radius 3 is 2.48 bits per heavy atom. The first-order valence-electron chi connectivity index (χ1n) is 6.02. The maximum Gasteiger partial charge on any atom is 0.312 e. The van der Waals surface area contributed by atoms with Crippen molar-refractivity contribution in [1.82, 2.24) is 5.48 Å². The van der Waals surface area contributed by atoms with Crippen molar-refractivity contribution in [1.29, 1.82) is 0 Å². The highest BCUT2D eigenvalue weighted by Crippen LogP contribution is 2.13. The van der Waals surface area contributed by atoms with Gasteiger partial charge in [-0.2, -0.15) is 18.2 Å². The Morgan fingerprint density at radius 2 is 1.95 bits per heavy atom. The fourth-order valence-electron chi connectivity index (χ4n) is 1.26. The molecule has 0 heterocycles. The molecular formula is C12H17NO7S. The number of hydroxylamine groups is 1. The maximum atomic E-state index is 11.8. The van der Waals surface area contributed by atoms with Crippen LogP contribution in [0.2, 0.25) is 0 Å². The van der Waals surface area contributed by atoms with E-state index in [0.29, 0.717) is 5.56 Å². The number of carbonyl (C=O) groups is 1. The molecule has 0 aliphatic carbocycles. The zero-order chi connectivity index (χ0) is 15.9. The van der Waals surface area contributed by atoms with E-state index in [0.717, 1.165) is 0 Å². The normalized spacial score (nSPS) is 12.9. The summed E-state index contributed by atoms with van der Waals surface area (Å²) in [4.78, 5) is 10.6. The number of nitrogens with one attached hydrogen (secondary N) is 1. The molecule has 1 aromatic carbocycles. The van der Waals surface area contributed by atoms with Gasteiger partial charge in [0.15, 0.2) is 0 Å². The Kier molecular flexibility index (Phi) is 6.72. The summed E-state index contributed by atoms with van der Waals surface area (Å²) in [5.41, 5.74) is 2.69. The Bertz CT molecular complexity index is 555. The fraction of sp³-hybridized carbons (Fsp3) is 0.417. The molecule has 118 valence electrons. The van der Waals surface area contributed by atoms with E-state index in [4.69, 9.17) is 14.9 Å². The molecule has 0 saturated carbocycles. The predicted molar refractivity (Wildman–Crippen MR) is 71.3 cm³/mol. The maximum absolute atomic E-state index is 11.8. The first-order chi connectivity index (χ1) is 9.85. The van der Waals surface area contributed by atoms with Crippen molar-refractivity contribution in [3.05, 3.63) is 29.8 Å². The van der Waals surface area contributed by atoms with E-state index in [2.05, 4.69) is 9.76 Å². The van der Waals surface area contributed by atoms with E-state index in [1.807, 2.05) is 0 Å². The smallest absolute Gasteiger partial charge is 0.312 e. The lowest BCUT2D eigenvalue weighted by molar-refractivity contribution is -0.142. The highest BCUT2D eigenvalue weighted by molar-refractivity contribution is 7.86. The molecule has 9 heteroatoms. The number of aliphatic hydroxyl groups is 2. The molecule has 0 radical (unpaired) electrons. The topological polar surface area (TPSA) is 122 Å². The first-order valence-corrected chi connectivity index (χ1v) is 7.43. The summed E-state index contributed by atoms with van der Waals surface area (Å²) in [6.07, 6.45) is -1.12. The molecule has 0 saturated heterocycles. The number of rotatable bonds is 8. The van der Waals surface area contributed by atoms with Crippen molar-refractivity contribution in [2.75, 3.05) is 13.2 Å². The summed E-state index contributed by atoms with van der Waals surface area (Å²) in [6, 6.07) is 5.58. The van der Waals surface area contributed by atoms with Crippen LogP contribution in [-0.4, -0.2) is 43.9 Å². The van der Waals surface area contributed by atoms with Crippen LogP contribution < -0.4 is 5.48 Å². The van der Waals surface area contributed by atoms with Crippen LogP contribution in [0.5, 0.6) is 0 Å². The average molecular weight is 319 g/mol. The highest BCUT2D eigenvalue weighted by atomic mass is 32.2. The lowest BCUT2D eigenvalue weighted by Gasteiger charge is -2.09. The second-order valence-corrected chi connectivity index (χ2v) is 5.69. The first kappa shape index (κ1) is 17.5. The largest absolute Gasteiger partial charge is 0.461 e. The molecule has 1 atom stereocenters. The van der Waals surface area contributed by atoms with Gasteiger partial charge in [-0.3, -0.25) is 4.79 Å². The molecule has 0 fully saturated rings. The van der Waals surface area contributed by atoms with Gasteiger partial charge >= 0.3 is 16.1 Å². The van der Waals surface area contributed by atoms with Crippen LogP contribution in [-0.2, 0) is 30.5 Å². The van der Waals surface area contributed by atoms with Crippen LogP contribution in [0.3, 0.4) is 0 Å². The summed E-state index contributed by atoms with van der Waals surface area (Å²) in [5.74, 6) is -0.429. The summed E-state index contributed by atoms with van der Waals surface area (Å²) in [7, 11) is -4.02. The third-order valence-electron chi connectivity index (χ3n) is 2.35. The standard InChI is InChI=1S/C12H17NO7S/c1-9(15)19-8-10-2-4-12(5-3-10)21(17,18)20-13-6-11(16)7-14/h2-5,11,13-14,16H,6-8H2,1H3. The average Bonchev–Trinajstić information content (AvgIpc) is 2.45. The van der Waals surface area contributed by atoms with Gasteiger partial charge in [-0.05, 0) is 17.7 Å². The van der Waals surface area contributed by atoms with Gasteiger partial charge in [0.25, 0.3) is 0 Å². The second-order valence-electron chi connectivity index (χ2n) is 4.15. The molecule has 1 aromatic rings. The van der Waals surface area contributed by atoms with Crippen LogP contribution >= 0.6 is 0 Å². The van der Waals surface area contributed by atoms with Gasteiger partial charge in [-0.15, -0.1) is 0 Å². The van der Waals surface area contributed by atoms with Crippen LogP contribution in [0.1, 0.15) is 12.5 Å². The van der Waals surface area contributed by atoms with Gasteiger partial charge < -0.3 is 14.9 Å². The van der Waals surface area contributed by atoms with Gasteiger partial charge in [0.1, 0.15) is 6.61 Å². The van der Waals surface area contributed by atoms with Crippen LogP contribution in [0, 0.1) is 0 Å². The molecule has 0 aliphatic rings. The van der Waals surface area contributed by atoms with Crippen molar-refractivity contribution >= 4 is 16.1 Å². The number of esters is 1. The number of carbonyl (C=O) groups excluding carboxylic acids is 1.